The minimum Gasteiger partial charge on any atom is -0.298 e. The standard InChI is InChI=1S/C19H22F3N3OS/c20-19(21,22)16-3-1-14(2-4-16)11-25-12-15(9-23-25)10-24-8-7-17-5-6-18(13-24)27(17)26/h1-4,9,12,17-18H,5-8,10-11,13H2. The van der Waals surface area contributed by atoms with Gasteiger partial charge in [0, 0.05) is 46.1 Å². The summed E-state index contributed by atoms with van der Waals surface area (Å²) < 4.78 is 52.0. The molecule has 3 heterocycles. The highest BCUT2D eigenvalue weighted by Gasteiger charge is 2.36. The van der Waals surface area contributed by atoms with E-state index in [1.165, 1.54) is 12.1 Å². The SMILES string of the molecule is O=S1C2CCC1CN(Cc1cnn(Cc3ccc(C(F)(F)F)cc3)c1)CC2. The smallest absolute Gasteiger partial charge is 0.298 e. The van der Waals surface area contributed by atoms with Crippen molar-refractivity contribution in [1.82, 2.24) is 14.7 Å². The van der Waals surface area contributed by atoms with Gasteiger partial charge in [-0.3, -0.25) is 13.8 Å². The van der Waals surface area contributed by atoms with Crippen LogP contribution >= 0.6 is 0 Å². The molecule has 0 saturated carbocycles. The van der Waals surface area contributed by atoms with Gasteiger partial charge in [-0.15, -0.1) is 0 Å². The molecule has 2 aromatic rings. The van der Waals surface area contributed by atoms with Gasteiger partial charge in [-0.25, -0.2) is 0 Å². The fourth-order valence-corrected chi connectivity index (χ4v) is 5.95. The van der Waals surface area contributed by atoms with Crippen molar-refractivity contribution in [3.63, 3.8) is 0 Å². The Labute approximate surface area is 158 Å². The maximum absolute atomic E-state index is 12.6. The number of fused-ring (bicyclic) bond motifs is 2. The first-order valence-electron chi connectivity index (χ1n) is 9.18. The molecule has 4 nitrogen and oxygen atoms in total. The Morgan fingerprint density at radius 3 is 2.52 bits per heavy atom. The van der Waals surface area contributed by atoms with Gasteiger partial charge in [0.2, 0.25) is 0 Å². The molecular weight excluding hydrogens is 375 g/mol. The highest BCUT2D eigenvalue weighted by atomic mass is 32.2. The van der Waals surface area contributed by atoms with Crippen molar-refractivity contribution in [3.8, 4) is 0 Å². The number of hydrogen-bond donors (Lipinski definition) is 0. The molecule has 2 saturated heterocycles. The molecular formula is C19H22F3N3OS. The van der Waals surface area contributed by atoms with E-state index in [1.54, 1.807) is 4.68 Å². The lowest BCUT2D eigenvalue weighted by Crippen LogP contribution is -2.31. The van der Waals surface area contributed by atoms with Crippen molar-refractivity contribution in [1.29, 1.82) is 0 Å². The number of rotatable bonds is 4. The van der Waals surface area contributed by atoms with E-state index < -0.39 is 22.5 Å². The van der Waals surface area contributed by atoms with Crippen LogP contribution in [0.25, 0.3) is 0 Å². The van der Waals surface area contributed by atoms with Gasteiger partial charge < -0.3 is 0 Å². The van der Waals surface area contributed by atoms with Crippen LogP contribution in [0.4, 0.5) is 13.2 Å². The number of nitrogens with zero attached hydrogens (tertiary/aromatic N) is 3. The van der Waals surface area contributed by atoms with Crippen molar-refractivity contribution in [2.45, 2.75) is 49.0 Å². The Balaban J connectivity index is 1.37. The van der Waals surface area contributed by atoms with E-state index in [9.17, 15) is 17.4 Å². The molecule has 4 rings (SSSR count). The quantitative estimate of drug-likeness (QED) is 0.793. The van der Waals surface area contributed by atoms with Crippen LogP contribution in [-0.4, -0.2) is 42.5 Å². The van der Waals surface area contributed by atoms with Gasteiger partial charge >= 0.3 is 6.18 Å². The van der Waals surface area contributed by atoms with Crippen molar-refractivity contribution >= 4 is 10.8 Å². The topological polar surface area (TPSA) is 38.1 Å². The minimum atomic E-state index is -4.31. The zero-order chi connectivity index (χ0) is 19.0. The highest BCUT2D eigenvalue weighted by Crippen LogP contribution is 2.31. The van der Waals surface area contributed by atoms with E-state index >= 15 is 0 Å². The van der Waals surface area contributed by atoms with Gasteiger partial charge in [-0.2, -0.15) is 18.3 Å². The molecule has 2 aliphatic rings. The second kappa shape index (κ2) is 7.39. The van der Waals surface area contributed by atoms with Crippen LogP contribution in [0.15, 0.2) is 36.7 Å². The third kappa shape index (κ3) is 4.27. The Morgan fingerprint density at radius 1 is 1.04 bits per heavy atom. The summed E-state index contributed by atoms with van der Waals surface area (Å²) in [6, 6.07) is 5.19. The Hall–Kier alpha value is -1.67. The summed E-state index contributed by atoms with van der Waals surface area (Å²) in [4.78, 5) is 2.35. The lowest BCUT2D eigenvalue weighted by atomic mass is 10.1. The summed E-state index contributed by atoms with van der Waals surface area (Å²) in [5.41, 5.74) is 1.21. The fourth-order valence-electron chi connectivity index (χ4n) is 3.97. The average Bonchev–Trinajstić information content (AvgIpc) is 3.14. The zero-order valence-electron chi connectivity index (χ0n) is 14.9. The Bertz CT molecular complexity index is 818. The Morgan fingerprint density at radius 2 is 1.78 bits per heavy atom. The molecule has 1 aromatic carbocycles. The first-order valence-corrected chi connectivity index (χ1v) is 10.5. The first-order chi connectivity index (χ1) is 12.9. The van der Waals surface area contributed by atoms with Crippen LogP contribution in [0, 0.1) is 0 Å². The van der Waals surface area contributed by atoms with Crippen LogP contribution < -0.4 is 0 Å². The first kappa shape index (κ1) is 18.7. The summed E-state index contributed by atoms with van der Waals surface area (Å²) in [6.07, 6.45) is 2.58. The lowest BCUT2D eigenvalue weighted by molar-refractivity contribution is -0.137. The zero-order valence-corrected chi connectivity index (χ0v) is 15.7. The normalized spacial score (nSPS) is 26.3. The largest absolute Gasteiger partial charge is 0.416 e. The van der Waals surface area contributed by atoms with E-state index in [2.05, 4.69) is 10.00 Å². The van der Waals surface area contributed by atoms with Crippen LogP contribution in [0.2, 0.25) is 0 Å². The van der Waals surface area contributed by atoms with Crippen LogP contribution in [0.5, 0.6) is 0 Å². The molecule has 3 unspecified atom stereocenters. The number of likely N-dealkylation sites (tertiary alicyclic amines) is 1. The van der Waals surface area contributed by atoms with E-state index in [0.717, 1.165) is 62.2 Å². The van der Waals surface area contributed by atoms with Gasteiger partial charge in [0.25, 0.3) is 0 Å². The third-order valence-corrected chi connectivity index (χ3v) is 7.59. The van der Waals surface area contributed by atoms with Crippen molar-refractivity contribution in [2.24, 2.45) is 0 Å². The minimum absolute atomic E-state index is 0.291. The maximum Gasteiger partial charge on any atom is 0.416 e. The lowest BCUT2D eigenvalue weighted by Gasteiger charge is -2.22. The van der Waals surface area contributed by atoms with Crippen LogP contribution in [-0.2, 0) is 30.1 Å². The van der Waals surface area contributed by atoms with Crippen molar-refractivity contribution in [3.05, 3.63) is 53.3 Å². The second-order valence-corrected chi connectivity index (χ2v) is 9.40. The number of halogens is 3. The van der Waals surface area contributed by atoms with E-state index in [-0.39, 0.29) is 0 Å². The number of aromatic nitrogens is 2. The summed E-state index contributed by atoms with van der Waals surface area (Å²) in [5.74, 6) is 0. The number of hydrogen-bond acceptors (Lipinski definition) is 3. The van der Waals surface area contributed by atoms with E-state index in [4.69, 9.17) is 0 Å². The van der Waals surface area contributed by atoms with Gasteiger partial charge in [0.15, 0.2) is 0 Å². The monoisotopic (exact) mass is 397 g/mol. The molecule has 1 aromatic heterocycles. The Kier molecular flexibility index (Phi) is 5.11. The molecule has 2 fully saturated rings. The predicted molar refractivity (Wildman–Crippen MR) is 97.6 cm³/mol. The van der Waals surface area contributed by atoms with Crippen LogP contribution in [0.3, 0.4) is 0 Å². The molecule has 8 heteroatoms. The molecule has 0 aliphatic carbocycles. The summed E-state index contributed by atoms with van der Waals surface area (Å²) in [7, 11) is -0.687. The third-order valence-electron chi connectivity index (χ3n) is 5.42. The molecule has 2 aliphatic heterocycles. The van der Waals surface area contributed by atoms with Gasteiger partial charge in [-0.1, -0.05) is 12.1 Å². The molecule has 146 valence electrons. The molecule has 0 radical (unpaired) electrons. The van der Waals surface area contributed by atoms with Crippen molar-refractivity contribution < 1.29 is 17.4 Å². The van der Waals surface area contributed by atoms with E-state index in [1.807, 2.05) is 12.4 Å². The van der Waals surface area contributed by atoms with E-state index in [0.29, 0.717) is 17.0 Å². The molecule has 3 atom stereocenters. The fraction of sp³-hybridized carbons (Fsp3) is 0.526. The molecule has 0 amide bonds. The van der Waals surface area contributed by atoms with Gasteiger partial charge in [0.1, 0.15) is 0 Å². The molecule has 2 bridgehead atoms. The average molecular weight is 397 g/mol. The highest BCUT2D eigenvalue weighted by molar-refractivity contribution is 7.86. The van der Waals surface area contributed by atoms with Crippen molar-refractivity contribution in [2.75, 3.05) is 13.1 Å². The predicted octanol–water partition coefficient (Wildman–Crippen LogP) is 3.44. The van der Waals surface area contributed by atoms with Gasteiger partial charge in [-0.05, 0) is 43.5 Å². The summed E-state index contributed by atoms with van der Waals surface area (Å²) >= 11 is 0. The molecule has 0 N–H and O–H groups in total. The maximum atomic E-state index is 12.6. The molecule has 27 heavy (non-hydrogen) atoms. The molecule has 0 spiro atoms. The summed E-state index contributed by atoms with van der Waals surface area (Å²) in [6.45, 7) is 3.03. The van der Waals surface area contributed by atoms with Crippen LogP contribution in [0.1, 0.15) is 36.0 Å². The summed E-state index contributed by atoms with van der Waals surface area (Å²) in [5, 5.41) is 5.00. The number of alkyl halides is 3. The number of benzene rings is 1. The van der Waals surface area contributed by atoms with Gasteiger partial charge in [0.05, 0.1) is 18.3 Å². The second-order valence-electron chi connectivity index (χ2n) is 7.41.